The SMILES string of the molecule is Cc1c(OCCCCOc2ccc(Cl)c(C(=O)O)c2)ccc(C(=O)CC(C)(C)C)c1O. The molecule has 2 aromatic carbocycles. The number of halogens is 1. The summed E-state index contributed by atoms with van der Waals surface area (Å²) in [6.07, 6.45) is 1.74. The molecule has 6 nitrogen and oxygen atoms in total. The molecule has 0 saturated carbocycles. The van der Waals surface area contributed by atoms with Gasteiger partial charge >= 0.3 is 5.97 Å². The number of phenolic OH excluding ortho intramolecular Hbond substituents is 1. The quantitative estimate of drug-likeness (QED) is 0.346. The number of carbonyl (C=O) groups is 2. The van der Waals surface area contributed by atoms with Gasteiger partial charge in [-0.15, -0.1) is 0 Å². The van der Waals surface area contributed by atoms with E-state index in [0.717, 1.165) is 0 Å². The number of ketones is 1. The first kappa shape index (κ1) is 24.5. The van der Waals surface area contributed by atoms with Crippen LogP contribution in [0.1, 0.15) is 66.3 Å². The van der Waals surface area contributed by atoms with E-state index in [1.165, 1.54) is 12.1 Å². The molecule has 0 radical (unpaired) electrons. The topological polar surface area (TPSA) is 93.1 Å². The van der Waals surface area contributed by atoms with Gasteiger partial charge in [-0.05, 0) is 55.5 Å². The Hall–Kier alpha value is -2.73. The molecule has 168 valence electrons. The molecule has 0 aliphatic rings. The van der Waals surface area contributed by atoms with E-state index in [9.17, 15) is 14.7 Å². The van der Waals surface area contributed by atoms with E-state index in [2.05, 4.69) is 0 Å². The van der Waals surface area contributed by atoms with Crippen LogP contribution in [0.25, 0.3) is 0 Å². The molecule has 0 heterocycles. The Morgan fingerprint density at radius 3 is 2.26 bits per heavy atom. The summed E-state index contributed by atoms with van der Waals surface area (Å²) < 4.78 is 11.3. The Morgan fingerprint density at radius 1 is 1.00 bits per heavy atom. The van der Waals surface area contributed by atoms with Crippen molar-refractivity contribution < 1.29 is 29.3 Å². The van der Waals surface area contributed by atoms with Crippen LogP contribution in [0.4, 0.5) is 0 Å². The fourth-order valence-corrected chi connectivity index (χ4v) is 3.17. The molecule has 0 aliphatic carbocycles. The first-order chi connectivity index (χ1) is 14.5. The summed E-state index contributed by atoms with van der Waals surface area (Å²) in [6, 6.07) is 7.84. The Labute approximate surface area is 187 Å². The number of unbranched alkanes of at least 4 members (excludes halogenated alkanes) is 1. The van der Waals surface area contributed by atoms with Crippen molar-refractivity contribution in [1.29, 1.82) is 0 Å². The van der Waals surface area contributed by atoms with Crippen molar-refractivity contribution in [2.75, 3.05) is 13.2 Å². The molecule has 0 atom stereocenters. The minimum atomic E-state index is -1.10. The number of carbonyl (C=O) groups excluding carboxylic acids is 1. The zero-order chi connectivity index (χ0) is 23.2. The van der Waals surface area contributed by atoms with Crippen LogP contribution in [-0.2, 0) is 0 Å². The average Bonchev–Trinajstić information content (AvgIpc) is 2.67. The summed E-state index contributed by atoms with van der Waals surface area (Å²) in [4.78, 5) is 23.5. The molecule has 0 spiro atoms. The number of phenols is 1. The smallest absolute Gasteiger partial charge is 0.337 e. The lowest BCUT2D eigenvalue weighted by molar-refractivity contribution is 0.0696. The number of aromatic hydroxyl groups is 1. The van der Waals surface area contributed by atoms with Crippen LogP contribution in [0, 0.1) is 12.3 Å². The zero-order valence-corrected chi connectivity index (χ0v) is 19.1. The van der Waals surface area contributed by atoms with Gasteiger partial charge in [0.25, 0.3) is 0 Å². The van der Waals surface area contributed by atoms with Crippen molar-refractivity contribution in [3.63, 3.8) is 0 Å². The predicted molar refractivity (Wildman–Crippen MR) is 120 cm³/mol. The number of aromatic carboxylic acids is 1. The molecule has 0 fully saturated rings. The van der Waals surface area contributed by atoms with Gasteiger partial charge in [-0.1, -0.05) is 32.4 Å². The molecule has 0 aliphatic heterocycles. The summed E-state index contributed by atoms with van der Waals surface area (Å²) >= 11 is 5.84. The fraction of sp³-hybridized carbons (Fsp3) is 0.417. The van der Waals surface area contributed by atoms with Crippen LogP contribution in [0.15, 0.2) is 30.3 Å². The van der Waals surface area contributed by atoms with Gasteiger partial charge in [-0.25, -0.2) is 4.79 Å². The number of rotatable bonds is 10. The van der Waals surface area contributed by atoms with Gasteiger partial charge in [0.05, 0.1) is 29.4 Å². The summed E-state index contributed by atoms with van der Waals surface area (Å²) in [5.41, 5.74) is 0.702. The third kappa shape index (κ3) is 7.17. The summed E-state index contributed by atoms with van der Waals surface area (Å²) in [5, 5.41) is 19.7. The monoisotopic (exact) mass is 448 g/mol. The second-order valence-electron chi connectivity index (χ2n) is 8.60. The predicted octanol–water partition coefficient (Wildman–Crippen LogP) is 5.91. The number of benzene rings is 2. The van der Waals surface area contributed by atoms with E-state index in [4.69, 9.17) is 26.2 Å². The maximum absolute atomic E-state index is 12.4. The van der Waals surface area contributed by atoms with Crippen LogP contribution in [0.5, 0.6) is 17.2 Å². The highest BCUT2D eigenvalue weighted by Gasteiger charge is 2.21. The van der Waals surface area contributed by atoms with E-state index < -0.39 is 5.97 Å². The van der Waals surface area contributed by atoms with Crippen LogP contribution in [-0.4, -0.2) is 35.2 Å². The van der Waals surface area contributed by atoms with E-state index >= 15 is 0 Å². The van der Waals surface area contributed by atoms with Crippen molar-refractivity contribution in [1.82, 2.24) is 0 Å². The number of hydrogen-bond donors (Lipinski definition) is 2. The Kier molecular flexibility index (Phi) is 8.34. The zero-order valence-electron chi connectivity index (χ0n) is 18.3. The minimum Gasteiger partial charge on any atom is -0.507 e. The largest absolute Gasteiger partial charge is 0.507 e. The van der Waals surface area contributed by atoms with Crippen LogP contribution >= 0.6 is 11.6 Å². The number of carboxylic acids is 1. The molecular weight excluding hydrogens is 420 g/mol. The maximum atomic E-state index is 12.4. The first-order valence-electron chi connectivity index (χ1n) is 10.1. The minimum absolute atomic E-state index is 0.00205. The second-order valence-corrected chi connectivity index (χ2v) is 9.00. The van der Waals surface area contributed by atoms with Gasteiger partial charge in [-0.2, -0.15) is 0 Å². The lowest BCUT2D eigenvalue weighted by atomic mass is 9.87. The van der Waals surface area contributed by atoms with E-state index in [1.54, 1.807) is 25.1 Å². The number of carboxylic acid groups (broad SMARTS) is 1. The lowest BCUT2D eigenvalue weighted by Gasteiger charge is -2.18. The summed E-state index contributed by atoms with van der Waals surface area (Å²) in [6.45, 7) is 8.48. The molecule has 31 heavy (non-hydrogen) atoms. The number of hydrogen-bond acceptors (Lipinski definition) is 5. The van der Waals surface area contributed by atoms with Crippen molar-refractivity contribution in [2.45, 2.75) is 47.0 Å². The van der Waals surface area contributed by atoms with Crippen LogP contribution in [0.3, 0.4) is 0 Å². The molecule has 7 heteroatoms. The van der Waals surface area contributed by atoms with Crippen LogP contribution in [0.2, 0.25) is 5.02 Å². The van der Waals surface area contributed by atoms with Gasteiger partial charge in [-0.3, -0.25) is 4.79 Å². The van der Waals surface area contributed by atoms with Gasteiger partial charge < -0.3 is 19.7 Å². The van der Waals surface area contributed by atoms with E-state index in [1.807, 2.05) is 20.8 Å². The second kappa shape index (κ2) is 10.5. The Balaban J connectivity index is 1.82. The Morgan fingerprint density at radius 2 is 1.65 bits per heavy atom. The maximum Gasteiger partial charge on any atom is 0.337 e. The Bertz CT molecular complexity index is 946. The van der Waals surface area contributed by atoms with Crippen molar-refractivity contribution >= 4 is 23.4 Å². The summed E-state index contributed by atoms with van der Waals surface area (Å²) in [5.74, 6) is -0.251. The van der Waals surface area contributed by atoms with Gasteiger partial charge in [0.1, 0.15) is 17.2 Å². The molecule has 0 unspecified atom stereocenters. The molecule has 0 aromatic heterocycles. The highest BCUT2D eigenvalue weighted by atomic mass is 35.5. The van der Waals surface area contributed by atoms with Gasteiger partial charge in [0.15, 0.2) is 5.78 Å². The highest BCUT2D eigenvalue weighted by molar-refractivity contribution is 6.33. The number of ether oxygens (including phenoxy) is 2. The summed E-state index contributed by atoms with van der Waals surface area (Å²) in [7, 11) is 0. The molecule has 0 bridgehead atoms. The molecular formula is C24H29ClO6. The fourth-order valence-electron chi connectivity index (χ4n) is 2.97. The van der Waals surface area contributed by atoms with Gasteiger partial charge in [0.2, 0.25) is 0 Å². The third-order valence-electron chi connectivity index (χ3n) is 4.61. The molecule has 2 rings (SSSR count). The molecule has 2 aromatic rings. The molecule has 2 N–H and O–H groups in total. The van der Waals surface area contributed by atoms with Gasteiger partial charge in [0, 0.05) is 12.0 Å². The normalized spacial score (nSPS) is 11.3. The highest BCUT2D eigenvalue weighted by Crippen LogP contribution is 2.33. The van der Waals surface area contributed by atoms with Crippen molar-refractivity contribution in [3.05, 3.63) is 52.0 Å². The lowest BCUT2D eigenvalue weighted by Crippen LogP contribution is -2.13. The molecule has 0 saturated heterocycles. The van der Waals surface area contributed by atoms with E-state index in [-0.39, 0.29) is 27.5 Å². The first-order valence-corrected chi connectivity index (χ1v) is 10.5. The van der Waals surface area contributed by atoms with Crippen LogP contribution < -0.4 is 9.47 Å². The van der Waals surface area contributed by atoms with Crippen molar-refractivity contribution in [3.8, 4) is 17.2 Å². The van der Waals surface area contributed by atoms with Crippen molar-refractivity contribution in [2.24, 2.45) is 5.41 Å². The number of Topliss-reactive ketones (excluding diaryl/α,β-unsaturated/α-hetero) is 1. The van der Waals surface area contributed by atoms with E-state index in [0.29, 0.717) is 55.1 Å². The molecule has 0 amide bonds. The standard InChI is InChI=1S/C24H29ClO6/c1-15-21(10-8-17(22(15)27)20(26)14-24(2,3)4)31-12-6-5-11-30-16-7-9-19(25)18(13-16)23(28)29/h7-10,13,27H,5-6,11-12,14H2,1-4H3,(H,28,29). The average molecular weight is 449 g/mol. The third-order valence-corrected chi connectivity index (χ3v) is 4.94.